The lowest BCUT2D eigenvalue weighted by molar-refractivity contribution is -0.161. The van der Waals surface area contributed by atoms with Crippen molar-refractivity contribution in [3.8, 4) is 0 Å². The largest absolute Gasteiger partial charge is 0.472 e. The highest BCUT2D eigenvalue weighted by Gasteiger charge is 2.27. The number of aliphatic hydroxyl groups excluding tert-OH is 1. The van der Waals surface area contributed by atoms with Crippen LogP contribution >= 0.6 is 7.82 Å². The molecule has 11 nitrogen and oxygen atoms in total. The van der Waals surface area contributed by atoms with Crippen molar-refractivity contribution in [3.63, 3.8) is 0 Å². The van der Waals surface area contributed by atoms with Crippen LogP contribution in [0.1, 0.15) is 142 Å². The SMILES string of the molecule is CCCCCC/C=C\CCCCCCCC(=O)OC[C@H](COP(=O)(O)OCCN)OC(=O)CCC/C=C\C[C@H]1C=CC(=O)[C@@H]1/C=C/[C@@H](O)CCCCC. The highest BCUT2D eigenvalue weighted by molar-refractivity contribution is 7.47. The quantitative estimate of drug-likeness (QED) is 0.0247. The molecule has 0 saturated carbocycles. The molecule has 1 aliphatic carbocycles. The second-order valence-electron chi connectivity index (χ2n) is 13.8. The number of ether oxygens (including phenoxy) is 2. The molecule has 0 amide bonds. The number of allylic oxidation sites excluding steroid dienone is 7. The Labute approximate surface area is 319 Å². The molecule has 0 bridgehead atoms. The number of hydrogen-bond donors (Lipinski definition) is 3. The van der Waals surface area contributed by atoms with Gasteiger partial charge in [0.25, 0.3) is 0 Å². The summed E-state index contributed by atoms with van der Waals surface area (Å²) in [7, 11) is -4.43. The van der Waals surface area contributed by atoms with E-state index in [1.807, 2.05) is 24.3 Å². The van der Waals surface area contributed by atoms with Gasteiger partial charge < -0.3 is 25.2 Å². The predicted octanol–water partition coefficient (Wildman–Crippen LogP) is 8.78. The molecule has 5 atom stereocenters. The topological polar surface area (TPSA) is 172 Å². The van der Waals surface area contributed by atoms with Crippen LogP contribution in [0.5, 0.6) is 0 Å². The number of unbranched alkanes of at least 4 members (excludes halogenated alkanes) is 12. The number of hydrogen-bond acceptors (Lipinski definition) is 10. The normalized spacial score (nSPS) is 18.3. The summed E-state index contributed by atoms with van der Waals surface area (Å²) in [4.78, 5) is 47.3. The van der Waals surface area contributed by atoms with E-state index in [1.54, 1.807) is 12.2 Å². The van der Waals surface area contributed by atoms with E-state index < -0.39 is 38.6 Å². The first-order chi connectivity index (χ1) is 25.6. The van der Waals surface area contributed by atoms with Crippen molar-refractivity contribution in [2.45, 2.75) is 154 Å². The first-order valence-electron chi connectivity index (χ1n) is 20.2. The number of phosphoric acid groups is 1. The molecule has 0 heterocycles. The summed E-state index contributed by atoms with van der Waals surface area (Å²) in [5.74, 6) is -1.23. The van der Waals surface area contributed by atoms with Crippen LogP contribution in [0.25, 0.3) is 0 Å². The van der Waals surface area contributed by atoms with Crippen LogP contribution in [-0.2, 0) is 37.5 Å². The first-order valence-corrected chi connectivity index (χ1v) is 21.7. The van der Waals surface area contributed by atoms with Crippen molar-refractivity contribution in [2.24, 2.45) is 17.6 Å². The Hall–Kier alpha value is -2.40. The zero-order valence-corrected chi connectivity index (χ0v) is 33.5. The fourth-order valence-electron chi connectivity index (χ4n) is 5.79. The molecule has 1 aliphatic rings. The molecule has 12 heteroatoms. The molecule has 1 rings (SSSR count). The van der Waals surface area contributed by atoms with E-state index in [2.05, 4.69) is 26.0 Å². The standard InChI is InChI=1S/C41H70NO10P/c1-3-5-7-8-9-10-11-12-13-14-15-16-21-25-40(45)49-33-37(34-51-53(47,48)50-32-31-42)52-41(46)26-22-18-17-20-23-35-27-30-39(44)38(35)29-28-36(43)24-19-6-4-2/h10-11,17,20,27-30,35-38,43H,3-9,12-16,18-19,21-26,31-34,42H2,1-2H3,(H,47,48)/b11-10-,20-17-,29-28+/t35-,36-,37+,38+/m0/s1. The van der Waals surface area contributed by atoms with Crippen molar-refractivity contribution in [1.82, 2.24) is 0 Å². The molecular formula is C41H70NO10P. The molecule has 53 heavy (non-hydrogen) atoms. The van der Waals surface area contributed by atoms with Gasteiger partial charge in [-0.3, -0.25) is 23.4 Å². The molecule has 0 radical (unpaired) electrons. The van der Waals surface area contributed by atoms with Gasteiger partial charge in [0.15, 0.2) is 11.9 Å². The fraction of sp³-hybridized carbons (Fsp3) is 0.732. The maximum atomic E-state index is 12.6. The van der Waals surface area contributed by atoms with Gasteiger partial charge in [0.1, 0.15) is 6.61 Å². The van der Waals surface area contributed by atoms with Gasteiger partial charge >= 0.3 is 19.8 Å². The summed E-state index contributed by atoms with van der Waals surface area (Å²) in [5, 5.41) is 10.2. The number of phosphoric ester groups is 1. The highest BCUT2D eigenvalue weighted by atomic mass is 31.2. The lowest BCUT2D eigenvalue weighted by Crippen LogP contribution is -2.29. The summed E-state index contributed by atoms with van der Waals surface area (Å²) >= 11 is 0. The molecule has 4 N–H and O–H groups in total. The van der Waals surface area contributed by atoms with Gasteiger partial charge in [-0.2, -0.15) is 0 Å². The minimum absolute atomic E-state index is 0.0183. The maximum absolute atomic E-state index is 12.6. The third kappa shape index (κ3) is 26.9. The number of esters is 2. The zero-order chi connectivity index (χ0) is 39.0. The van der Waals surface area contributed by atoms with Crippen molar-refractivity contribution >= 4 is 25.5 Å². The van der Waals surface area contributed by atoms with Gasteiger partial charge in [-0.05, 0) is 69.8 Å². The molecule has 0 aromatic heterocycles. The van der Waals surface area contributed by atoms with Crippen molar-refractivity contribution in [1.29, 1.82) is 0 Å². The molecule has 0 fully saturated rings. The van der Waals surface area contributed by atoms with Gasteiger partial charge in [-0.15, -0.1) is 0 Å². The summed E-state index contributed by atoms with van der Waals surface area (Å²) in [6, 6.07) is 0. The number of carbonyl (C=O) groups is 3. The van der Waals surface area contributed by atoms with Gasteiger partial charge in [0.05, 0.1) is 19.3 Å². The van der Waals surface area contributed by atoms with Crippen LogP contribution in [0, 0.1) is 11.8 Å². The van der Waals surface area contributed by atoms with Crippen LogP contribution in [0.2, 0.25) is 0 Å². The van der Waals surface area contributed by atoms with Crippen molar-refractivity contribution in [2.75, 3.05) is 26.4 Å². The van der Waals surface area contributed by atoms with Crippen LogP contribution in [-0.4, -0.2) is 66.3 Å². The van der Waals surface area contributed by atoms with Crippen LogP contribution in [0.3, 0.4) is 0 Å². The van der Waals surface area contributed by atoms with Gasteiger partial charge in [-0.25, -0.2) is 4.57 Å². The summed E-state index contributed by atoms with van der Waals surface area (Å²) < 4.78 is 32.7. The Kier molecular flexibility index (Phi) is 29.3. The average molecular weight is 768 g/mol. The molecule has 0 aromatic carbocycles. The van der Waals surface area contributed by atoms with E-state index in [0.717, 1.165) is 57.8 Å². The smallest absolute Gasteiger partial charge is 0.462 e. The maximum Gasteiger partial charge on any atom is 0.472 e. The van der Waals surface area contributed by atoms with Gasteiger partial charge in [-0.1, -0.05) is 114 Å². The number of carbonyl (C=O) groups excluding carboxylic acids is 3. The Bertz CT molecular complexity index is 1150. The molecule has 0 saturated heterocycles. The van der Waals surface area contributed by atoms with E-state index >= 15 is 0 Å². The monoisotopic (exact) mass is 767 g/mol. The Morgan fingerprint density at radius 2 is 1.45 bits per heavy atom. The Balaban J connectivity index is 2.43. The summed E-state index contributed by atoms with van der Waals surface area (Å²) in [6.45, 7) is 3.35. The van der Waals surface area contributed by atoms with E-state index in [1.165, 1.54) is 25.7 Å². The van der Waals surface area contributed by atoms with Crippen molar-refractivity contribution in [3.05, 3.63) is 48.6 Å². The molecule has 0 spiro atoms. The Morgan fingerprint density at radius 1 is 0.830 bits per heavy atom. The molecule has 0 aliphatic heterocycles. The molecular weight excluding hydrogens is 697 g/mol. The summed E-state index contributed by atoms with van der Waals surface area (Å²) in [5.41, 5.74) is 5.33. The highest BCUT2D eigenvalue weighted by Crippen LogP contribution is 2.43. The molecule has 1 unspecified atom stereocenters. The lowest BCUT2D eigenvalue weighted by atomic mass is 9.90. The lowest BCUT2D eigenvalue weighted by Gasteiger charge is -2.19. The third-order valence-corrected chi connectivity index (χ3v) is 9.92. The Morgan fingerprint density at radius 3 is 2.17 bits per heavy atom. The van der Waals surface area contributed by atoms with Crippen molar-refractivity contribution < 1.29 is 47.5 Å². The second-order valence-corrected chi connectivity index (χ2v) is 15.3. The molecule has 304 valence electrons. The number of aliphatic hydroxyl groups is 1. The first kappa shape index (κ1) is 48.6. The number of rotatable bonds is 34. The number of nitrogens with two attached hydrogens (primary N) is 1. The number of ketones is 1. The van der Waals surface area contributed by atoms with Crippen LogP contribution < -0.4 is 5.73 Å². The fourth-order valence-corrected chi connectivity index (χ4v) is 6.56. The van der Waals surface area contributed by atoms with E-state index in [-0.39, 0.29) is 50.2 Å². The zero-order valence-electron chi connectivity index (χ0n) is 32.6. The minimum atomic E-state index is -4.43. The van der Waals surface area contributed by atoms with E-state index in [0.29, 0.717) is 32.1 Å². The van der Waals surface area contributed by atoms with Gasteiger partial charge in [0.2, 0.25) is 0 Å². The minimum Gasteiger partial charge on any atom is -0.462 e. The van der Waals surface area contributed by atoms with Crippen LogP contribution in [0.4, 0.5) is 0 Å². The van der Waals surface area contributed by atoms with E-state index in [9.17, 15) is 28.9 Å². The van der Waals surface area contributed by atoms with E-state index in [4.69, 9.17) is 24.3 Å². The van der Waals surface area contributed by atoms with Crippen LogP contribution in [0.15, 0.2) is 48.6 Å². The summed E-state index contributed by atoms with van der Waals surface area (Å²) in [6.07, 6.45) is 32.0. The average Bonchev–Trinajstić information content (AvgIpc) is 3.49. The predicted molar refractivity (Wildman–Crippen MR) is 210 cm³/mol. The van der Waals surface area contributed by atoms with Gasteiger partial charge in [0, 0.05) is 25.3 Å². The third-order valence-electron chi connectivity index (χ3n) is 8.94. The second kappa shape index (κ2) is 31.9. The molecule has 0 aromatic rings.